The summed E-state index contributed by atoms with van der Waals surface area (Å²) < 4.78 is 0. The number of hydrogen-bond donors (Lipinski definition) is 3. The zero-order chi connectivity index (χ0) is 13.4. The Kier molecular flexibility index (Phi) is 6.72. The molecule has 1 saturated carbocycles. The molecule has 0 radical (unpaired) electrons. The number of carbonyl (C=O) groups is 2. The van der Waals surface area contributed by atoms with E-state index < -0.39 is 0 Å². The van der Waals surface area contributed by atoms with Gasteiger partial charge in [0.05, 0.1) is 12.6 Å². The minimum absolute atomic E-state index is 0.0450. The number of amides is 2. The standard InChI is InChI=1S/C13H24N2O3/c1-2-11(9-16)15-12(17)7-8-14-13(18)10-5-3-4-6-10/h10-11,16H,2-9H2,1H3,(H,14,18)(H,15,17)/t11-/m0/s1. The molecule has 0 spiro atoms. The molecule has 1 fully saturated rings. The molecule has 2 amide bonds. The molecule has 3 N–H and O–H groups in total. The molecule has 5 heteroatoms. The zero-order valence-electron chi connectivity index (χ0n) is 11.1. The summed E-state index contributed by atoms with van der Waals surface area (Å²) in [4.78, 5) is 23.2. The van der Waals surface area contributed by atoms with Crippen LogP contribution in [0.1, 0.15) is 45.4 Å². The maximum absolute atomic E-state index is 11.7. The van der Waals surface area contributed by atoms with Crippen LogP contribution >= 0.6 is 0 Å². The highest BCUT2D eigenvalue weighted by molar-refractivity contribution is 5.80. The van der Waals surface area contributed by atoms with Crippen molar-refractivity contribution in [2.75, 3.05) is 13.2 Å². The van der Waals surface area contributed by atoms with Crippen molar-refractivity contribution in [2.45, 2.75) is 51.5 Å². The van der Waals surface area contributed by atoms with Crippen LogP contribution in [0.25, 0.3) is 0 Å². The summed E-state index contributed by atoms with van der Waals surface area (Å²) >= 11 is 0. The van der Waals surface area contributed by atoms with Crippen molar-refractivity contribution in [2.24, 2.45) is 5.92 Å². The Morgan fingerprint density at radius 3 is 2.56 bits per heavy atom. The predicted octanol–water partition coefficient (Wildman–Crippen LogP) is 0.570. The molecule has 0 aromatic rings. The van der Waals surface area contributed by atoms with Crippen molar-refractivity contribution in [1.29, 1.82) is 0 Å². The van der Waals surface area contributed by atoms with Crippen molar-refractivity contribution in [3.8, 4) is 0 Å². The fourth-order valence-electron chi connectivity index (χ4n) is 2.21. The van der Waals surface area contributed by atoms with Gasteiger partial charge >= 0.3 is 0 Å². The van der Waals surface area contributed by atoms with Gasteiger partial charge in [-0.15, -0.1) is 0 Å². The van der Waals surface area contributed by atoms with E-state index in [-0.39, 0.29) is 36.8 Å². The maximum atomic E-state index is 11.7. The molecular formula is C13H24N2O3. The number of carbonyl (C=O) groups excluding carboxylic acids is 2. The summed E-state index contributed by atoms with van der Waals surface area (Å²) in [5, 5.41) is 14.5. The third-order valence-electron chi connectivity index (χ3n) is 3.46. The first-order valence-corrected chi connectivity index (χ1v) is 6.85. The fraction of sp³-hybridized carbons (Fsp3) is 0.846. The van der Waals surface area contributed by atoms with E-state index in [1.54, 1.807) is 0 Å². The fourth-order valence-corrected chi connectivity index (χ4v) is 2.21. The SMILES string of the molecule is CC[C@@H](CO)NC(=O)CCNC(=O)C1CCCC1. The van der Waals surface area contributed by atoms with Gasteiger partial charge in [-0.25, -0.2) is 0 Å². The molecule has 1 aliphatic rings. The molecule has 5 nitrogen and oxygen atoms in total. The average molecular weight is 256 g/mol. The molecule has 0 aromatic carbocycles. The third-order valence-corrected chi connectivity index (χ3v) is 3.46. The number of aliphatic hydroxyl groups excluding tert-OH is 1. The van der Waals surface area contributed by atoms with Crippen LogP contribution in [0.3, 0.4) is 0 Å². The minimum atomic E-state index is -0.178. The monoisotopic (exact) mass is 256 g/mol. The zero-order valence-corrected chi connectivity index (χ0v) is 11.1. The molecule has 1 aliphatic carbocycles. The Morgan fingerprint density at radius 1 is 1.33 bits per heavy atom. The van der Waals surface area contributed by atoms with Crippen LogP contribution in [0.5, 0.6) is 0 Å². The summed E-state index contributed by atoms with van der Waals surface area (Å²) in [6, 6.07) is -0.178. The molecule has 0 aromatic heterocycles. The number of nitrogens with one attached hydrogen (secondary N) is 2. The van der Waals surface area contributed by atoms with Crippen LogP contribution in [-0.4, -0.2) is 36.1 Å². The lowest BCUT2D eigenvalue weighted by atomic mass is 10.1. The van der Waals surface area contributed by atoms with Crippen LogP contribution in [0.2, 0.25) is 0 Å². The number of hydrogen-bond acceptors (Lipinski definition) is 3. The second-order valence-electron chi connectivity index (χ2n) is 4.88. The van der Waals surface area contributed by atoms with Gasteiger partial charge in [0, 0.05) is 18.9 Å². The van der Waals surface area contributed by atoms with E-state index in [1.807, 2.05) is 6.92 Å². The Hall–Kier alpha value is -1.10. The molecule has 0 bridgehead atoms. The van der Waals surface area contributed by atoms with Crippen LogP contribution in [-0.2, 0) is 9.59 Å². The Morgan fingerprint density at radius 2 is 2.00 bits per heavy atom. The third kappa shape index (κ3) is 5.04. The molecule has 0 saturated heterocycles. The van der Waals surface area contributed by atoms with Gasteiger partial charge in [-0.2, -0.15) is 0 Å². The highest BCUT2D eigenvalue weighted by Gasteiger charge is 2.22. The van der Waals surface area contributed by atoms with Crippen molar-refractivity contribution in [3.05, 3.63) is 0 Å². The first-order valence-electron chi connectivity index (χ1n) is 6.85. The number of rotatable bonds is 7. The van der Waals surface area contributed by atoms with Crippen molar-refractivity contribution >= 4 is 11.8 Å². The highest BCUT2D eigenvalue weighted by Crippen LogP contribution is 2.24. The molecule has 18 heavy (non-hydrogen) atoms. The molecule has 1 atom stereocenters. The van der Waals surface area contributed by atoms with Crippen LogP contribution in [0.15, 0.2) is 0 Å². The van der Waals surface area contributed by atoms with Gasteiger partial charge in [-0.05, 0) is 19.3 Å². The van der Waals surface area contributed by atoms with Gasteiger partial charge < -0.3 is 15.7 Å². The quantitative estimate of drug-likeness (QED) is 0.623. The maximum Gasteiger partial charge on any atom is 0.223 e. The molecular weight excluding hydrogens is 232 g/mol. The van der Waals surface area contributed by atoms with Crippen LogP contribution in [0.4, 0.5) is 0 Å². The first kappa shape index (κ1) is 15.0. The van der Waals surface area contributed by atoms with E-state index in [0.717, 1.165) is 25.7 Å². The molecule has 104 valence electrons. The van der Waals surface area contributed by atoms with E-state index in [2.05, 4.69) is 10.6 Å². The Balaban J connectivity index is 2.12. The second kappa shape index (κ2) is 8.08. The summed E-state index contributed by atoms with van der Waals surface area (Å²) in [6.07, 6.45) is 5.19. The number of aliphatic hydroxyl groups is 1. The highest BCUT2D eigenvalue weighted by atomic mass is 16.3. The van der Waals surface area contributed by atoms with Gasteiger partial charge in [-0.1, -0.05) is 19.8 Å². The molecule has 0 unspecified atom stereocenters. The lowest BCUT2D eigenvalue weighted by Crippen LogP contribution is -2.39. The smallest absolute Gasteiger partial charge is 0.223 e. The largest absolute Gasteiger partial charge is 0.394 e. The summed E-state index contributed by atoms with van der Waals surface area (Å²) in [6.45, 7) is 2.24. The molecule has 1 rings (SSSR count). The molecule has 0 heterocycles. The van der Waals surface area contributed by atoms with Gasteiger partial charge in [-0.3, -0.25) is 9.59 Å². The van der Waals surface area contributed by atoms with Crippen molar-refractivity contribution in [3.63, 3.8) is 0 Å². The van der Waals surface area contributed by atoms with E-state index in [1.165, 1.54) is 0 Å². The van der Waals surface area contributed by atoms with Crippen molar-refractivity contribution < 1.29 is 14.7 Å². The minimum Gasteiger partial charge on any atom is -0.394 e. The van der Waals surface area contributed by atoms with Gasteiger partial charge in [0.1, 0.15) is 0 Å². The topological polar surface area (TPSA) is 78.4 Å². The van der Waals surface area contributed by atoms with Gasteiger partial charge in [0.15, 0.2) is 0 Å². The van der Waals surface area contributed by atoms with Gasteiger partial charge in [0.25, 0.3) is 0 Å². The first-order chi connectivity index (χ1) is 8.67. The van der Waals surface area contributed by atoms with E-state index >= 15 is 0 Å². The summed E-state index contributed by atoms with van der Waals surface area (Å²) in [7, 11) is 0. The summed E-state index contributed by atoms with van der Waals surface area (Å²) in [5.74, 6) is 0.103. The van der Waals surface area contributed by atoms with Gasteiger partial charge in [0.2, 0.25) is 11.8 Å². The summed E-state index contributed by atoms with van der Waals surface area (Å²) in [5.41, 5.74) is 0. The van der Waals surface area contributed by atoms with E-state index in [4.69, 9.17) is 5.11 Å². The predicted molar refractivity (Wildman–Crippen MR) is 68.9 cm³/mol. The lowest BCUT2D eigenvalue weighted by Gasteiger charge is -2.14. The van der Waals surface area contributed by atoms with Crippen molar-refractivity contribution in [1.82, 2.24) is 10.6 Å². The normalized spacial score (nSPS) is 17.4. The Bertz CT molecular complexity index is 271. The average Bonchev–Trinajstić information content (AvgIpc) is 2.89. The van der Waals surface area contributed by atoms with E-state index in [0.29, 0.717) is 13.0 Å². The molecule has 0 aliphatic heterocycles. The lowest BCUT2D eigenvalue weighted by molar-refractivity contribution is -0.125. The van der Waals surface area contributed by atoms with E-state index in [9.17, 15) is 9.59 Å². The Labute approximate surface area is 108 Å². The second-order valence-corrected chi connectivity index (χ2v) is 4.88. The van der Waals surface area contributed by atoms with Crippen LogP contribution < -0.4 is 10.6 Å². The van der Waals surface area contributed by atoms with Crippen LogP contribution in [0, 0.1) is 5.92 Å².